The molecule has 2 aromatic rings. The van der Waals surface area contributed by atoms with Crippen molar-refractivity contribution in [1.82, 2.24) is 5.01 Å². The number of nitrogens with zero attached hydrogens (tertiary/aromatic N) is 3. The predicted octanol–water partition coefficient (Wildman–Crippen LogP) is 4.37. The molecule has 1 aliphatic rings. The molecule has 0 bridgehead atoms. The van der Waals surface area contributed by atoms with Crippen LogP contribution in [0.3, 0.4) is 0 Å². The van der Waals surface area contributed by atoms with Gasteiger partial charge in [0.25, 0.3) is 5.69 Å². The highest BCUT2D eigenvalue weighted by atomic mass is 19.3. The van der Waals surface area contributed by atoms with Crippen molar-refractivity contribution < 1.29 is 28.0 Å². The second kappa shape index (κ2) is 9.50. The number of nitro benzene ring substituents is 1. The standard InChI is InChI=1S/C21H21F2N3O5/c1-3-14-11-19(27)25(12-13-4-7-16(8-5-13)26(28)29)24-20(14)15-6-9-17(31-21(22)23)18(10-15)30-2/h4-10,14,21H,3,11-12H2,1-2H3. The van der Waals surface area contributed by atoms with E-state index in [2.05, 4.69) is 9.84 Å². The summed E-state index contributed by atoms with van der Waals surface area (Å²) in [5, 5.41) is 16.7. The summed E-state index contributed by atoms with van der Waals surface area (Å²) < 4.78 is 34.8. The smallest absolute Gasteiger partial charge is 0.387 e. The van der Waals surface area contributed by atoms with Crippen molar-refractivity contribution in [3.05, 3.63) is 63.7 Å². The third-order valence-corrected chi connectivity index (χ3v) is 4.97. The van der Waals surface area contributed by atoms with E-state index in [0.29, 0.717) is 23.3 Å². The third-order valence-electron chi connectivity index (χ3n) is 4.97. The second-order valence-corrected chi connectivity index (χ2v) is 6.91. The minimum Gasteiger partial charge on any atom is -0.493 e. The van der Waals surface area contributed by atoms with Crippen molar-refractivity contribution in [3.8, 4) is 11.5 Å². The highest BCUT2D eigenvalue weighted by Crippen LogP contribution is 2.33. The van der Waals surface area contributed by atoms with Crippen LogP contribution in [0, 0.1) is 16.0 Å². The Morgan fingerprint density at radius 2 is 1.94 bits per heavy atom. The Hall–Kier alpha value is -3.56. The second-order valence-electron chi connectivity index (χ2n) is 6.91. The average molecular weight is 433 g/mol. The quantitative estimate of drug-likeness (QED) is 0.455. The van der Waals surface area contributed by atoms with E-state index >= 15 is 0 Å². The summed E-state index contributed by atoms with van der Waals surface area (Å²) in [5.74, 6) is -0.274. The van der Waals surface area contributed by atoms with Crippen LogP contribution in [0.2, 0.25) is 0 Å². The molecule has 0 saturated carbocycles. The first-order chi connectivity index (χ1) is 14.8. The first-order valence-electron chi connectivity index (χ1n) is 9.57. The number of carbonyl (C=O) groups excluding carboxylic acids is 1. The summed E-state index contributed by atoms with van der Waals surface area (Å²) in [4.78, 5) is 22.9. The van der Waals surface area contributed by atoms with Crippen LogP contribution < -0.4 is 9.47 Å². The summed E-state index contributed by atoms with van der Waals surface area (Å²) in [7, 11) is 1.35. The molecule has 1 heterocycles. The molecule has 2 aromatic carbocycles. The number of halogens is 2. The molecule has 0 saturated heterocycles. The predicted molar refractivity (Wildman–Crippen MR) is 108 cm³/mol. The maximum absolute atomic E-state index is 12.6. The number of methoxy groups -OCH3 is 1. The zero-order valence-electron chi connectivity index (χ0n) is 17.0. The first-order valence-corrected chi connectivity index (χ1v) is 9.57. The topological polar surface area (TPSA) is 94.3 Å². The molecule has 0 aliphatic carbocycles. The molecule has 0 aromatic heterocycles. The summed E-state index contributed by atoms with van der Waals surface area (Å²) in [6.07, 6.45) is 0.896. The van der Waals surface area contributed by atoms with Gasteiger partial charge in [0.15, 0.2) is 11.5 Å². The monoisotopic (exact) mass is 433 g/mol. The average Bonchev–Trinajstić information content (AvgIpc) is 2.75. The maximum Gasteiger partial charge on any atom is 0.387 e. The Balaban J connectivity index is 1.91. The van der Waals surface area contributed by atoms with E-state index in [0.717, 1.165) is 0 Å². The van der Waals surface area contributed by atoms with E-state index in [1.165, 1.54) is 30.3 Å². The van der Waals surface area contributed by atoms with Gasteiger partial charge in [-0.05, 0) is 30.2 Å². The van der Waals surface area contributed by atoms with Gasteiger partial charge in [-0.25, -0.2) is 5.01 Å². The van der Waals surface area contributed by atoms with Crippen LogP contribution in [0.5, 0.6) is 11.5 Å². The number of non-ortho nitro benzene ring substituents is 1. The van der Waals surface area contributed by atoms with Crippen LogP contribution >= 0.6 is 0 Å². The molecule has 1 aliphatic heterocycles. The summed E-state index contributed by atoms with van der Waals surface area (Å²) >= 11 is 0. The molecule has 164 valence electrons. The van der Waals surface area contributed by atoms with Crippen LogP contribution in [0.4, 0.5) is 14.5 Å². The van der Waals surface area contributed by atoms with Gasteiger partial charge in [0.05, 0.1) is 24.3 Å². The van der Waals surface area contributed by atoms with Crippen molar-refractivity contribution >= 4 is 17.3 Å². The summed E-state index contributed by atoms with van der Waals surface area (Å²) in [6.45, 7) is -0.893. The molecule has 10 heteroatoms. The van der Waals surface area contributed by atoms with Crippen LogP contribution in [-0.2, 0) is 11.3 Å². The Kier molecular flexibility index (Phi) is 6.78. The van der Waals surface area contributed by atoms with Crippen LogP contribution in [0.1, 0.15) is 30.9 Å². The van der Waals surface area contributed by atoms with Gasteiger partial charge >= 0.3 is 6.61 Å². The number of hydrazone groups is 1. The lowest BCUT2D eigenvalue weighted by Crippen LogP contribution is -2.36. The number of carbonyl (C=O) groups is 1. The Labute approximate surface area is 177 Å². The van der Waals surface area contributed by atoms with Gasteiger partial charge < -0.3 is 9.47 Å². The molecule has 1 amide bonds. The fourth-order valence-corrected chi connectivity index (χ4v) is 3.35. The van der Waals surface area contributed by atoms with Crippen LogP contribution in [0.25, 0.3) is 0 Å². The van der Waals surface area contributed by atoms with Crippen molar-refractivity contribution in [2.24, 2.45) is 11.0 Å². The van der Waals surface area contributed by atoms with Gasteiger partial charge in [-0.2, -0.15) is 13.9 Å². The highest BCUT2D eigenvalue weighted by Gasteiger charge is 2.30. The number of rotatable bonds is 8. The Morgan fingerprint density at radius 1 is 1.23 bits per heavy atom. The van der Waals surface area contributed by atoms with Gasteiger partial charge in [0, 0.05) is 30.0 Å². The molecule has 31 heavy (non-hydrogen) atoms. The molecular formula is C21H21F2N3O5. The molecule has 3 rings (SSSR count). The van der Waals surface area contributed by atoms with Gasteiger partial charge in [-0.3, -0.25) is 14.9 Å². The fourth-order valence-electron chi connectivity index (χ4n) is 3.35. The van der Waals surface area contributed by atoms with Gasteiger partial charge in [0.1, 0.15) is 0 Å². The van der Waals surface area contributed by atoms with E-state index in [9.17, 15) is 23.7 Å². The highest BCUT2D eigenvalue weighted by molar-refractivity contribution is 6.06. The number of amides is 1. The third kappa shape index (κ3) is 5.14. The van der Waals surface area contributed by atoms with Crippen molar-refractivity contribution in [2.75, 3.05) is 7.11 Å². The van der Waals surface area contributed by atoms with Gasteiger partial charge in [-0.1, -0.05) is 19.1 Å². The molecular weight excluding hydrogens is 412 g/mol. The summed E-state index contributed by atoms with van der Waals surface area (Å²) in [6, 6.07) is 10.4. The molecule has 1 unspecified atom stereocenters. The van der Waals surface area contributed by atoms with E-state index < -0.39 is 11.5 Å². The lowest BCUT2D eigenvalue weighted by Gasteiger charge is -2.29. The SMILES string of the molecule is CCC1CC(=O)N(Cc2ccc([N+](=O)[O-])cc2)N=C1c1ccc(OC(F)F)c(OC)c1. The normalized spacial score (nSPS) is 16.3. The number of ether oxygens (including phenoxy) is 2. The van der Waals surface area contributed by atoms with E-state index in [1.807, 2.05) is 6.92 Å². The lowest BCUT2D eigenvalue weighted by atomic mass is 9.89. The Morgan fingerprint density at radius 3 is 2.52 bits per heavy atom. The number of hydrogen-bond acceptors (Lipinski definition) is 6. The minimum atomic E-state index is -2.98. The zero-order valence-corrected chi connectivity index (χ0v) is 17.0. The van der Waals surface area contributed by atoms with E-state index in [-0.39, 0.29) is 42.0 Å². The Bertz CT molecular complexity index is 995. The van der Waals surface area contributed by atoms with Crippen molar-refractivity contribution in [3.63, 3.8) is 0 Å². The largest absolute Gasteiger partial charge is 0.493 e. The molecule has 1 atom stereocenters. The van der Waals surface area contributed by atoms with E-state index in [1.54, 1.807) is 24.3 Å². The number of nitro groups is 1. The maximum atomic E-state index is 12.6. The van der Waals surface area contributed by atoms with Crippen molar-refractivity contribution in [1.29, 1.82) is 0 Å². The molecule has 0 fully saturated rings. The van der Waals surface area contributed by atoms with E-state index in [4.69, 9.17) is 4.74 Å². The minimum absolute atomic E-state index is 0.0397. The number of alkyl halides is 2. The van der Waals surface area contributed by atoms with Crippen molar-refractivity contribution in [2.45, 2.75) is 32.9 Å². The zero-order chi connectivity index (χ0) is 22.5. The molecule has 0 spiro atoms. The lowest BCUT2D eigenvalue weighted by molar-refractivity contribution is -0.384. The van der Waals surface area contributed by atoms with Crippen LogP contribution in [0.15, 0.2) is 47.6 Å². The van der Waals surface area contributed by atoms with Gasteiger partial charge in [0.2, 0.25) is 5.91 Å². The number of benzene rings is 2. The molecule has 0 N–H and O–H groups in total. The first kappa shape index (κ1) is 22.1. The van der Waals surface area contributed by atoms with Gasteiger partial charge in [-0.15, -0.1) is 0 Å². The fraction of sp³-hybridized carbons (Fsp3) is 0.333. The number of hydrogen-bond donors (Lipinski definition) is 0. The van der Waals surface area contributed by atoms with Crippen LogP contribution in [-0.4, -0.2) is 35.3 Å². The summed E-state index contributed by atoms with van der Waals surface area (Å²) in [5.41, 5.74) is 1.91. The molecule has 8 nitrogen and oxygen atoms in total. The molecule has 0 radical (unpaired) electrons.